The zero-order chi connectivity index (χ0) is 19.8. The number of ether oxygens (including phenoxy) is 1. The fourth-order valence-corrected chi connectivity index (χ4v) is 3.47. The van der Waals surface area contributed by atoms with E-state index in [1.807, 2.05) is 20.8 Å². The second-order valence-electron chi connectivity index (χ2n) is 6.62. The molecule has 2 aromatic rings. The van der Waals surface area contributed by atoms with Crippen molar-refractivity contribution in [2.24, 2.45) is 0 Å². The standard InChI is InChI=1S/C21H25F2NO2S/c1-14(2)26-20-10-7-18(23)12-16(20)13-24-21(25)11-4-15(3)27-19-8-5-17(22)6-9-19/h5-10,12,14-15H,4,11,13H2,1-3H3,(H,24,25). The Labute approximate surface area is 163 Å². The molecule has 0 aliphatic rings. The van der Waals surface area contributed by atoms with Crippen LogP contribution in [0.1, 0.15) is 39.2 Å². The lowest BCUT2D eigenvalue weighted by Crippen LogP contribution is -2.24. The van der Waals surface area contributed by atoms with E-state index in [4.69, 9.17) is 4.74 Å². The Morgan fingerprint density at radius 1 is 1.07 bits per heavy atom. The van der Waals surface area contributed by atoms with E-state index in [-0.39, 0.29) is 35.4 Å². The minimum Gasteiger partial charge on any atom is -0.491 e. The molecule has 0 spiro atoms. The van der Waals surface area contributed by atoms with Crippen molar-refractivity contribution in [1.82, 2.24) is 5.32 Å². The molecule has 2 rings (SSSR count). The summed E-state index contributed by atoms with van der Waals surface area (Å²) in [6.07, 6.45) is 1.02. The minimum atomic E-state index is -0.361. The Bertz CT molecular complexity index is 750. The average molecular weight is 393 g/mol. The molecule has 3 nitrogen and oxygen atoms in total. The third-order valence-electron chi connectivity index (χ3n) is 3.79. The van der Waals surface area contributed by atoms with E-state index in [1.165, 1.54) is 24.3 Å². The summed E-state index contributed by atoms with van der Waals surface area (Å²) in [6.45, 7) is 6.04. The van der Waals surface area contributed by atoms with Gasteiger partial charge in [-0.3, -0.25) is 4.79 Å². The van der Waals surface area contributed by atoms with Crippen LogP contribution in [0.2, 0.25) is 0 Å². The topological polar surface area (TPSA) is 38.3 Å². The van der Waals surface area contributed by atoms with E-state index in [0.717, 1.165) is 4.90 Å². The van der Waals surface area contributed by atoms with Crippen molar-refractivity contribution < 1.29 is 18.3 Å². The number of carbonyl (C=O) groups excluding carboxylic acids is 1. The van der Waals surface area contributed by atoms with Crippen LogP contribution < -0.4 is 10.1 Å². The van der Waals surface area contributed by atoms with Gasteiger partial charge in [0.15, 0.2) is 0 Å². The molecule has 1 N–H and O–H groups in total. The fourth-order valence-electron chi connectivity index (χ4n) is 2.48. The second-order valence-corrected chi connectivity index (χ2v) is 8.13. The van der Waals surface area contributed by atoms with Gasteiger partial charge >= 0.3 is 0 Å². The van der Waals surface area contributed by atoms with Crippen LogP contribution in [0.4, 0.5) is 8.78 Å². The number of thioether (sulfide) groups is 1. The molecule has 27 heavy (non-hydrogen) atoms. The van der Waals surface area contributed by atoms with E-state index in [2.05, 4.69) is 5.32 Å². The molecule has 1 unspecified atom stereocenters. The van der Waals surface area contributed by atoms with Gasteiger partial charge in [-0.2, -0.15) is 0 Å². The van der Waals surface area contributed by atoms with Crippen LogP contribution in [-0.4, -0.2) is 17.3 Å². The Balaban J connectivity index is 1.80. The van der Waals surface area contributed by atoms with Crippen molar-refractivity contribution in [3.8, 4) is 5.75 Å². The molecule has 146 valence electrons. The van der Waals surface area contributed by atoms with E-state index in [0.29, 0.717) is 24.2 Å². The largest absolute Gasteiger partial charge is 0.491 e. The van der Waals surface area contributed by atoms with E-state index < -0.39 is 0 Å². The first-order chi connectivity index (χ1) is 12.8. The summed E-state index contributed by atoms with van der Waals surface area (Å²) in [5.74, 6) is -0.141. The van der Waals surface area contributed by atoms with Crippen molar-refractivity contribution in [2.75, 3.05) is 0 Å². The molecule has 0 heterocycles. The first-order valence-electron chi connectivity index (χ1n) is 8.97. The maximum atomic E-state index is 13.5. The second kappa shape index (κ2) is 10.3. The van der Waals surface area contributed by atoms with E-state index >= 15 is 0 Å². The van der Waals surface area contributed by atoms with Crippen molar-refractivity contribution in [3.05, 3.63) is 59.7 Å². The molecule has 6 heteroatoms. The van der Waals surface area contributed by atoms with Gasteiger partial charge in [0.2, 0.25) is 5.91 Å². The lowest BCUT2D eigenvalue weighted by Gasteiger charge is -2.15. The Morgan fingerprint density at radius 3 is 2.41 bits per heavy atom. The van der Waals surface area contributed by atoms with Gasteiger partial charge in [-0.25, -0.2) is 8.78 Å². The molecule has 1 amide bonds. The third kappa shape index (κ3) is 7.59. The Morgan fingerprint density at radius 2 is 1.74 bits per heavy atom. The van der Waals surface area contributed by atoms with E-state index in [1.54, 1.807) is 30.0 Å². The van der Waals surface area contributed by atoms with Gasteiger partial charge in [0, 0.05) is 28.7 Å². The molecule has 2 aromatic carbocycles. The minimum absolute atomic E-state index is 0.0331. The summed E-state index contributed by atoms with van der Waals surface area (Å²) in [5.41, 5.74) is 0.616. The van der Waals surface area contributed by atoms with Crippen LogP contribution in [0.5, 0.6) is 5.75 Å². The number of rotatable bonds is 9. The first-order valence-corrected chi connectivity index (χ1v) is 9.85. The number of amides is 1. The molecule has 0 fully saturated rings. The smallest absolute Gasteiger partial charge is 0.220 e. The van der Waals surface area contributed by atoms with Gasteiger partial charge in [-0.05, 0) is 62.7 Å². The molecule has 0 aliphatic heterocycles. The van der Waals surface area contributed by atoms with Gasteiger partial charge in [0.25, 0.3) is 0 Å². The molecule has 0 aliphatic carbocycles. The first kappa shape index (κ1) is 21.2. The number of hydrogen-bond donors (Lipinski definition) is 1. The number of nitrogens with one attached hydrogen (secondary N) is 1. The lowest BCUT2D eigenvalue weighted by atomic mass is 10.1. The molecule has 0 aromatic heterocycles. The van der Waals surface area contributed by atoms with Crippen LogP contribution in [-0.2, 0) is 11.3 Å². The zero-order valence-corrected chi connectivity index (χ0v) is 16.6. The summed E-state index contributed by atoms with van der Waals surface area (Å²) in [6, 6.07) is 10.6. The van der Waals surface area contributed by atoms with Crippen LogP contribution in [0.15, 0.2) is 47.4 Å². The molecular formula is C21H25F2NO2S. The average Bonchev–Trinajstić information content (AvgIpc) is 2.61. The molecule has 0 bridgehead atoms. The summed E-state index contributed by atoms with van der Waals surface area (Å²) in [4.78, 5) is 13.1. The highest BCUT2D eigenvalue weighted by atomic mass is 32.2. The van der Waals surface area contributed by atoms with Crippen molar-refractivity contribution in [1.29, 1.82) is 0 Å². The quantitative estimate of drug-likeness (QED) is 0.585. The highest BCUT2D eigenvalue weighted by Gasteiger charge is 2.11. The molecule has 0 radical (unpaired) electrons. The van der Waals surface area contributed by atoms with Crippen LogP contribution >= 0.6 is 11.8 Å². The Kier molecular flexibility index (Phi) is 8.10. The predicted molar refractivity (Wildman–Crippen MR) is 105 cm³/mol. The Hall–Kier alpha value is -2.08. The predicted octanol–water partition coefficient (Wildman–Crippen LogP) is 5.33. The normalized spacial score (nSPS) is 12.1. The van der Waals surface area contributed by atoms with E-state index in [9.17, 15) is 13.6 Å². The van der Waals surface area contributed by atoms with Crippen molar-refractivity contribution in [3.63, 3.8) is 0 Å². The van der Waals surface area contributed by atoms with Crippen LogP contribution in [0.3, 0.4) is 0 Å². The van der Waals surface area contributed by atoms with Gasteiger partial charge in [0.1, 0.15) is 17.4 Å². The van der Waals surface area contributed by atoms with Crippen molar-refractivity contribution in [2.45, 2.75) is 56.4 Å². The van der Waals surface area contributed by atoms with Gasteiger partial charge < -0.3 is 10.1 Å². The summed E-state index contributed by atoms with van der Waals surface area (Å²) >= 11 is 1.60. The zero-order valence-electron chi connectivity index (χ0n) is 15.8. The third-order valence-corrected chi connectivity index (χ3v) is 4.97. The summed E-state index contributed by atoms with van der Waals surface area (Å²) < 4.78 is 32.1. The number of hydrogen-bond acceptors (Lipinski definition) is 3. The molecule has 0 saturated carbocycles. The van der Waals surface area contributed by atoms with Crippen LogP contribution in [0, 0.1) is 11.6 Å². The highest BCUT2D eigenvalue weighted by Crippen LogP contribution is 2.26. The molecule has 0 saturated heterocycles. The summed E-state index contributed by atoms with van der Waals surface area (Å²) in [7, 11) is 0. The fraction of sp³-hybridized carbons (Fsp3) is 0.381. The number of carbonyl (C=O) groups is 1. The number of benzene rings is 2. The molecular weight excluding hydrogens is 368 g/mol. The monoisotopic (exact) mass is 393 g/mol. The highest BCUT2D eigenvalue weighted by molar-refractivity contribution is 7.99. The van der Waals surface area contributed by atoms with Gasteiger partial charge in [-0.15, -0.1) is 11.8 Å². The lowest BCUT2D eigenvalue weighted by molar-refractivity contribution is -0.121. The summed E-state index contributed by atoms with van der Waals surface area (Å²) in [5, 5.41) is 3.04. The molecule has 1 atom stereocenters. The van der Waals surface area contributed by atoms with Crippen LogP contribution in [0.25, 0.3) is 0 Å². The van der Waals surface area contributed by atoms with Crippen molar-refractivity contribution >= 4 is 17.7 Å². The maximum absolute atomic E-state index is 13.5. The van der Waals surface area contributed by atoms with Gasteiger partial charge in [-0.1, -0.05) is 6.92 Å². The van der Waals surface area contributed by atoms with Gasteiger partial charge in [0.05, 0.1) is 6.10 Å². The SMILES string of the molecule is CC(C)Oc1ccc(F)cc1CNC(=O)CCC(C)Sc1ccc(F)cc1. The number of halogens is 2. The maximum Gasteiger partial charge on any atom is 0.220 e.